The molecule has 1 heterocycles. The van der Waals surface area contributed by atoms with Gasteiger partial charge in [0.25, 0.3) is 0 Å². The fraction of sp³-hybridized carbons (Fsp3) is 0.417. The van der Waals surface area contributed by atoms with E-state index in [0.717, 1.165) is 18.4 Å². The zero-order valence-electron chi connectivity index (χ0n) is 11.2. The Morgan fingerprint density at radius 2 is 1.95 bits per heavy atom. The van der Waals surface area contributed by atoms with Crippen molar-refractivity contribution in [1.29, 1.82) is 0 Å². The molecule has 1 aromatic heterocycles. The van der Waals surface area contributed by atoms with Crippen LogP contribution in [-0.2, 0) is 16.4 Å². The minimum absolute atomic E-state index is 0.00750. The lowest BCUT2D eigenvalue weighted by atomic mass is 10.2. The molecule has 110 valence electrons. The first-order chi connectivity index (χ1) is 9.03. The maximum Gasteiger partial charge on any atom is 0.178 e. The lowest BCUT2D eigenvalue weighted by Crippen LogP contribution is -2.35. The molecular formula is C12H14F2N2O2S2. The highest BCUT2D eigenvalue weighted by atomic mass is 32.2. The molecule has 1 aromatic carbocycles. The Balaban J connectivity index is 2.68. The summed E-state index contributed by atoms with van der Waals surface area (Å²) in [4.78, 5) is 2.64. The number of halogens is 2. The van der Waals surface area contributed by atoms with Crippen LogP contribution in [-0.4, -0.2) is 29.0 Å². The van der Waals surface area contributed by atoms with E-state index in [1.807, 2.05) is 0 Å². The molecule has 8 heteroatoms. The van der Waals surface area contributed by atoms with E-state index in [-0.39, 0.29) is 22.3 Å². The van der Waals surface area contributed by atoms with Gasteiger partial charge in [0.15, 0.2) is 20.4 Å². The summed E-state index contributed by atoms with van der Waals surface area (Å²) in [5, 5.41) is 0. The topological polar surface area (TPSA) is 54.9 Å². The van der Waals surface area contributed by atoms with E-state index in [1.165, 1.54) is 4.57 Å². The number of aromatic nitrogens is 2. The average molecular weight is 320 g/mol. The molecule has 0 aliphatic rings. The van der Waals surface area contributed by atoms with Crippen molar-refractivity contribution >= 4 is 33.1 Å². The van der Waals surface area contributed by atoms with Gasteiger partial charge in [-0.2, -0.15) is 0 Å². The van der Waals surface area contributed by atoms with E-state index >= 15 is 0 Å². The first-order valence-electron chi connectivity index (χ1n) is 5.80. The molecule has 0 spiro atoms. The van der Waals surface area contributed by atoms with Crippen LogP contribution in [0.5, 0.6) is 0 Å². The average Bonchev–Trinajstić information content (AvgIpc) is 2.55. The summed E-state index contributed by atoms with van der Waals surface area (Å²) >= 11 is 5.07. The number of hydrogen-bond donors (Lipinski definition) is 1. The van der Waals surface area contributed by atoms with Gasteiger partial charge in [0.1, 0.15) is 11.3 Å². The summed E-state index contributed by atoms with van der Waals surface area (Å²) in [6.45, 7) is 3.09. The molecule has 2 aromatic rings. The third-order valence-electron chi connectivity index (χ3n) is 3.34. The monoisotopic (exact) mass is 320 g/mol. The van der Waals surface area contributed by atoms with Crippen molar-refractivity contribution in [2.75, 3.05) is 6.26 Å². The van der Waals surface area contributed by atoms with E-state index in [0.29, 0.717) is 0 Å². The molecule has 0 aliphatic heterocycles. The van der Waals surface area contributed by atoms with Crippen LogP contribution in [0.1, 0.15) is 13.8 Å². The van der Waals surface area contributed by atoms with Gasteiger partial charge in [-0.1, -0.05) is 0 Å². The van der Waals surface area contributed by atoms with Crippen molar-refractivity contribution in [2.45, 2.75) is 25.1 Å². The van der Waals surface area contributed by atoms with Crippen LogP contribution in [0.25, 0.3) is 11.0 Å². The predicted octanol–water partition coefficient (Wildman–Crippen LogP) is 2.80. The van der Waals surface area contributed by atoms with Crippen LogP contribution >= 0.6 is 12.2 Å². The van der Waals surface area contributed by atoms with Crippen molar-refractivity contribution in [3.05, 3.63) is 28.5 Å². The lowest BCUT2D eigenvalue weighted by Gasteiger charge is -2.23. The molecule has 0 saturated heterocycles. The molecule has 0 amide bonds. The van der Waals surface area contributed by atoms with Gasteiger partial charge in [-0.3, -0.25) is 0 Å². The number of H-pyrrole nitrogens is 1. The maximum atomic E-state index is 13.7. The van der Waals surface area contributed by atoms with Crippen molar-refractivity contribution in [2.24, 2.45) is 0 Å². The van der Waals surface area contributed by atoms with Gasteiger partial charge in [0, 0.05) is 18.9 Å². The fourth-order valence-electron chi connectivity index (χ4n) is 1.84. The van der Waals surface area contributed by atoms with E-state index in [4.69, 9.17) is 12.2 Å². The smallest absolute Gasteiger partial charge is 0.178 e. The number of benzene rings is 1. The molecule has 0 unspecified atom stereocenters. The van der Waals surface area contributed by atoms with Crippen LogP contribution in [0, 0.1) is 16.4 Å². The Bertz CT molecular complexity index is 835. The zero-order valence-corrected chi connectivity index (χ0v) is 12.8. The first kappa shape index (κ1) is 15.1. The van der Waals surface area contributed by atoms with Crippen LogP contribution in [0.15, 0.2) is 12.1 Å². The van der Waals surface area contributed by atoms with E-state index in [2.05, 4.69) is 4.98 Å². The van der Waals surface area contributed by atoms with Gasteiger partial charge in [-0.15, -0.1) is 0 Å². The molecule has 0 saturated carbocycles. The molecular weight excluding hydrogens is 306 g/mol. The summed E-state index contributed by atoms with van der Waals surface area (Å²) in [7, 11) is -3.35. The molecule has 0 bridgehead atoms. The Labute approximate surface area is 120 Å². The number of hydrogen-bond acceptors (Lipinski definition) is 3. The maximum absolute atomic E-state index is 13.7. The highest BCUT2D eigenvalue weighted by molar-refractivity contribution is 7.92. The van der Waals surface area contributed by atoms with Gasteiger partial charge in [0.2, 0.25) is 0 Å². The number of imidazole rings is 1. The summed E-state index contributed by atoms with van der Waals surface area (Å²) in [6.07, 6.45) is 1.12. The highest BCUT2D eigenvalue weighted by Crippen LogP contribution is 2.24. The molecule has 4 nitrogen and oxygen atoms in total. The SMILES string of the molecule is CC(C)(Cn1c(=S)[nH]c2c(F)cc(F)cc21)S(C)(=O)=O. The Kier molecular flexibility index (Phi) is 3.50. The summed E-state index contributed by atoms with van der Waals surface area (Å²) < 4.78 is 50.9. The predicted molar refractivity (Wildman–Crippen MR) is 76.0 cm³/mol. The van der Waals surface area contributed by atoms with Crippen molar-refractivity contribution in [3.63, 3.8) is 0 Å². The number of fused-ring (bicyclic) bond motifs is 1. The molecule has 0 atom stereocenters. The summed E-state index contributed by atoms with van der Waals surface area (Å²) in [6, 6.07) is 1.88. The quantitative estimate of drug-likeness (QED) is 0.885. The van der Waals surface area contributed by atoms with Gasteiger partial charge < -0.3 is 9.55 Å². The molecule has 1 N–H and O–H groups in total. The van der Waals surface area contributed by atoms with Gasteiger partial charge in [0.05, 0.1) is 10.3 Å². The first-order valence-corrected chi connectivity index (χ1v) is 8.10. The van der Waals surface area contributed by atoms with E-state index < -0.39 is 26.2 Å². The third-order valence-corrected chi connectivity index (χ3v) is 5.80. The lowest BCUT2D eigenvalue weighted by molar-refractivity contribution is 0.505. The fourth-order valence-corrected chi connectivity index (χ4v) is 2.46. The van der Waals surface area contributed by atoms with Crippen molar-refractivity contribution in [3.8, 4) is 0 Å². The summed E-state index contributed by atoms with van der Waals surface area (Å²) in [5.41, 5.74) is 0.282. The second-order valence-electron chi connectivity index (χ2n) is 5.33. The Morgan fingerprint density at radius 3 is 2.50 bits per heavy atom. The minimum Gasteiger partial charge on any atom is -0.328 e. The number of sulfone groups is 1. The molecule has 0 fully saturated rings. The second-order valence-corrected chi connectivity index (χ2v) is 8.37. The normalized spacial score (nSPS) is 13.1. The van der Waals surface area contributed by atoms with Gasteiger partial charge >= 0.3 is 0 Å². The van der Waals surface area contributed by atoms with Crippen LogP contribution in [0.4, 0.5) is 8.78 Å². The largest absolute Gasteiger partial charge is 0.328 e. The van der Waals surface area contributed by atoms with E-state index in [1.54, 1.807) is 13.8 Å². The zero-order chi connectivity index (χ0) is 15.3. The van der Waals surface area contributed by atoms with E-state index in [9.17, 15) is 17.2 Å². The Hall–Kier alpha value is -1.28. The van der Waals surface area contributed by atoms with Gasteiger partial charge in [-0.05, 0) is 32.1 Å². The number of nitrogens with zero attached hydrogens (tertiary/aromatic N) is 1. The molecule has 0 radical (unpaired) electrons. The third kappa shape index (κ3) is 2.49. The number of aromatic amines is 1. The Morgan fingerprint density at radius 1 is 1.35 bits per heavy atom. The van der Waals surface area contributed by atoms with Crippen molar-refractivity contribution < 1.29 is 17.2 Å². The summed E-state index contributed by atoms with van der Waals surface area (Å²) in [5.74, 6) is -1.50. The second kappa shape index (κ2) is 4.63. The van der Waals surface area contributed by atoms with Gasteiger partial charge in [-0.25, -0.2) is 17.2 Å². The standard InChI is InChI=1S/C12H14F2N2O2S2/c1-12(2,20(3,17)18)6-16-9-5-7(13)4-8(14)10(9)15-11(16)19/h4-5H,6H2,1-3H3,(H,15,19). The van der Waals surface area contributed by atoms with Crippen LogP contribution in [0.3, 0.4) is 0 Å². The van der Waals surface area contributed by atoms with Crippen LogP contribution < -0.4 is 0 Å². The van der Waals surface area contributed by atoms with Crippen molar-refractivity contribution in [1.82, 2.24) is 9.55 Å². The number of rotatable bonds is 3. The minimum atomic E-state index is -3.35. The highest BCUT2D eigenvalue weighted by Gasteiger charge is 2.31. The van der Waals surface area contributed by atoms with Crippen LogP contribution in [0.2, 0.25) is 0 Å². The molecule has 20 heavy (non-hydrogen) atoms. The molecule has 2 rings (SSSR count). The molecule has 0 aliphatic carbocycles. The number of nitrogens with one attached hydrogen (secondary N) is 1.